The van der Waals surface area contributed by atoms with E-state index in [9.17, 15) is 0 Å². The second kappa shape index (κ2) is 4.94. The van der Waals surface area contributed by atoms with Crippen LogP contribution in [-0.2, 0) is 4.74 Å². The molecular weight excluding hydrogens is 256 g/mol. The van der Waals surface area contributed by atoms with Gasteiger partial charge in [-0.3, -0.25) is 0 Å². The van der Waals surface area contributed by atoms with Crippen LogP contribution >= 0.6 is 15.9 Å². The molecule has 2 heterocycles. The second-order valence-electron chi connectivity index (χ2n) is 3.93. The molecule has 1 saturated heterocycles. The van der Waals surface area contributed by atoms with Crippen molar-refractivity contribution in [3.8, 4) is 0 Å². The molecule has 1 aromatic heterocycles. The lowest BCUT2D eigenvalue weighted by molar-refractivity contribution is 0.186. The number of nitrogens with zero attached hydrogens (tertiary/aromatic N) is 2. The van der Waals surface area contributed by atoms with Gasteiger partial charge in [-0.25, -0.2) is 4.98 Å². The minimum atomic E-state index is 0.649. The van der Waals surface area contributed by atoms with E-state index in [2.05, 4.69) is 32.9 Å². The average molecular weight is 271 g/mol. The summed E-state index contributed by atoms with van der Waals surface area (Å²) in [5.74, 6) is 1.66. The minimum absolute atomic E-state index is 0.649. The van der Waals surface area contributed by atoms with Gasteiger partial charge in [-0.05, 0) is 34.5 Å². The molecule has 0 aromatic carbocycles. The lowest BCUT2D eigenvalue weighted by atomic mass is 10.1. The van der Waals surface area contributed by atoms with Gasteiger partial charge in [0.05, 0.1) is 6.61 Å². The molecule has 0 amide bonds. The fourth-order valence-corrected chi connectivity index (χ4v) is 2.15. The predicted octanol–water partition coefficient (Wildman–Crippen LogP) is 2.32. The number of hydrogen-bond acceptors (Lipinski definition) is 3. The van der Waals surface area contributed by atoms with Gasteiger partial charge in [0.1, 0.15) is 10.4 Å². The van der Waals surface area contributed by atoms with Crippen molar-refractivity contribution in [3.05, 3.63) is 22.8 Å². The van der Waals surface area contributed by atoms with Crippen molar-refractivity contribution >= 4 is 21.7 Å². The van der Waals surface area contributed by atoms with E-state index in [1.54, 1.807) is 0 Å². The van der Waals surface area contributed by atoms with Crippen LogP contribution in [0.5, 0.6) is 0 Å². The van der Waals surface area contributed by atoms with E-state index < -0.39 is 0 Å². The van der Waals surface area contributed by atoms with E-state index in [0.29, 0.717) is 5.92 Å². The number of hydrogen-bond donors (Lipinski definition) is 0. The maximum atomic E-state index is 5.36. The third kappa shape index (κ3) is 2.92. The normalized spacial score (nSPS) is 20.5. The van der Waals surface area contributed by atoms with Crippen LogP contribution in [0.15, 0.2) is 22.8 Å². The molecular formula is C11H15BrN2O. The molecule has 0 saturated carbocycles. The zero-order valence-electron chi connectivity index (χ0n) is 8.82. The predicted molar refractivity (Wildman–Crippen MR) is 64.1 cm³/mol. The van der Waals surface area contributed by atoms with E-state index in [1.807, 2.05) is 18.2 Å². The molecule has 1 aromatic rings. The van der Waals surface area contributed by atoms with Crippen LogP contribution in [0, 0.1) is 5.92 Å². The van der Waals surface area contributed by atoms with Crippen LogP contribution in [0.4, 0.5) is 5.82 Å². The van der Waals surface area contributed by atoms with E-state index in [4.69, 9.17) is 4.74 Å². The van der Waals surface area contributed by atoms with Crippen molar-refractivity contribution in [1.29, 1.82) is 0 Å². The maximum absolute atomic E-state index is 5.36. The van der Waals surface area contributed by atoms with Crippen LogP contribution in [0.1, 0.15) is 6.42 Å². The molecule has 1 aliphatic heterocycles. The first-order valence-corrected chi connectivity index (χ1v) is 5.96. The minimum Gasteiger partial charge on any atom is -0.381 e. The SMILES string of the molecule is CN(CC1CCOC1)c1cccc(Br)n1. The summed E-state index contributed by atoms with van der Waals surface area (Å²) >= 11 is 3.38. The Labute approximate surface area is 98.6 Å². The Morgan fingerprint density at radius 3 is 3.13 bits per heavy atom. The third-order valence-electron chi connectivity index (χ3n) is 2.65. The Morgan fingerprint density at radius 1 is 1.60 bits per heavy atom. The molecule has 82 valence electrons. The summed E-state index contributed by atoms with van der Waals surface area (Å²) in [4.78, 5) is 6.60. The number of halogens is 1. The number of pyridine rings is 1. The third-order valence-corrected chi connectivity index (χ3v) is 3.09. The monoisotopic (exact) mass is 270 g/mol. The Kier molecular flexibility index (Phi) is 3.59. The summed E-state index contributed by atoms with van der Waals surface area (Å²) < 4.78 is 6.25. The standard InChI is InChI=1S/C11H15BrN2O/c1-14(7-9-5-6-15-8-9)11-4-2-3-10(12)13-11/h2-4,9H,5-8H2,1H3. The molecule has 1 atom stereocenters. The summed E-state index contributed by atoms with van der Waals surface area (Å²) in [5.41, 5.74) is 0. The summed E-state index contributed by atoms with van der Waals surface area (Å²) in [7, 11) is 2.08. The van der Waals surface area contributed by atoms with Gasteiger partial charge in [0, 0.05) is 26.1 Å². The van der Waals surface area contributed by atoms with Crippen LogP contribution < -0.4 is 4.90 Å². The van der Waals surface area contributed by atoms with Crippen LogP contribution in [-0.4, -0.2) is 31.8 Å². The van der Waals surface area contributed by atoms with Gasteiger partial charge in [0.25, 0.3) is 0 Å². The first-order valence-electron chi connectivity index (χ1n) is 5.17. The van der Waals surface area contributed by atoms with E-state index in [-0.39, 0.29) is 0 Å². The fraction of sp³-hybridized carbons (Fsp3) is 0.545. The molecule has 15 heavy (non-hydrogen) atoms. The van der Waals surface area contributed by atoms with Gasteiger partial charge in [0.15, 0.2) is 0 Å². The first-order chi connectivity index (χ1) is 7.25. The Hall–Kier alpha value is -0.610. The largest absolute Gasteiger partial charge is 0.381 e. The number of anilines is 1. The smallest absolute Gasteiger partial charge is 0.129 e. The highest BCUT2D eigenvalue weighted by molar-refractivity contribution is 9.10. The number of ether oxygens (including phenoxy) is 1. The second-order valence-corrected chi connectivity index (χ2v) is 4.74. The van der Waals surface area contributed by atoms with Gasteiger partial charge >= 0.3 is 0 Å². The highest BCUT2D eigenvalue weighted by Crippen LogP contribution is 2.18. The molecule has 1 aliphatic rings. The zero-order valence-corrected chi connectivity index (χ0v) is 10.4. The van der Waals surface area contributed by atoms with Crippen molar-refractivity contribution in [2.24, 2.45) is 5.92 Å². The lowest BCUT2D eigenvalue weighted by Crippen LogP contribution is -2.26. The Balaban J connectivity index is 1.97. The molecule has 3 nitrogen and oxygen atoms in total. The van der Waals surface area contributed by atoms with E-state index >= 15 is 0 Å². The molecule has 0 spiro atoms. The fourth-order valence-electron chi connectivity index (χ4n) is 1.82. The molecule has 0 radical (unpaired) electrons. The summed E-state index contributed by atoms with van der Waals surface area (Å²) in [6, 6.07) is 5.98. The topological polar surface area (TPSA) is 25.4 Å². The van der Waals surface area contributed by atoms with Crippen molar-refractivity contribution in [2.75, 3.05) is 31.7 Å². The molecule has 2 rings (SSSR count). The summed E-state index contributed by atoms with van der Waals surface area (Å²) in [6.07, 6.45) is 1.17. The molecule has 1 unspecified atom stereocenters. The highest BCUT2D eigenvalue weighted by atomic mass is 79.9. The zero-order chi connectivity index (χ0) is 10.7. The van der Waals surface area contributed by atoms with Crippen molar-refractivity contribution in [3.63, 3.8) is 0 Å². The molecule has 0 aliphatic carbocycles. The van der Waals surface area contributed by atoms with Crippen molar-refractivity contribution in [2.45, 2.75) is 6.42 Å². The first kappa shape index (κ1) is 10.9. The van der Waals surface area contributed by atoms with E-state index in [1.165, 1.54) is 6.42 Å². The number of rotatable bonds is 3. The van der Waals surface area contributed by atoms with Crippen molar-refractivity contribution < 1.29 is 4.74 Å². The summed E-state index contributed by atoms with van der Waals surface area (Å²) in [5, 5.41) is 0. The summed E-state index contributed by atoms with van der Waals surface area (Å²) in [6.45, 7) is 2.81. The van der Waals surface area contributed by atoms with Gasteiger partial charge in [-0.2, -0.15) is 0 Å². The van der Waals surface area contributed by atoms with Gasteiger partial charge in [0.2, 0.25) is 0 Å². The van der Waals surface area contributed by atoms with Crippen molar-refractivity contribution in [1.82, 2.24) is 4.98 Å². The Morgan fingerprint density at radius 2 is 2.47 bits per heavy atom. The van der Waals surface area contributed by atoms with Crippen LogP contribution in [0.25, 0.3) is 0 Å². The number of aromatic nitrogens is 1. The Bertz CT molecular complexity index is 326. The maximum Gasteiger partial charge on any atom is 0.129 e. The average Bonchev–Trinajstić information content (AvgIpc) is 2.70. The molecule has 0 N–H and O–H groups in total. The van der Waals surface area contributed by atoms with E-state index in [0.717, 1.165) is 30.2 Å². The van der Waals surface area contributed by atoms with Crippen LogP contribution in [0.3, 0.4) is 0 Å². The lowest BCUT2D eigenvalue weighted by Gasteiger charge is -2.21. The molecule has 0 bridgehead atoms. The van der Waals surface area contributed by atoms with Gasteiger partial charge in [-0.15, -0.1) is 0 Å². The highest BCUT2D eigenvalue weighted by Gasteiger charge is 2.17. The molecule has 1 fully saturated rings. The quantitative estimate of drug-likeness (QED) is 0.789. The van der Waals surface area contributed by atoms with Gasteiger partial charge in [-0.1, -0.05) is 6.07 Å². The van der Waals surface area contributed by atoms with Gasteiger partial charge < -0.3 is 9.64 Å². The van der Waals surface area contributed by atoms with Crippen LogP contribution in [0.2, 0.25) is 0 Å². The molecule has 4 heteroatoms.